The van der Waals surface area contributed by atoms with Gasteiger partial charge in [0.15, 0.2) is 0 Å². The molecule has 1 aromatic heterocycles. The zero-order chi connectivity index (χ0) is 12.3. The minimum Gasteiger partial charge on any atom is -0.370 e. The highest BCUT2D eigenvalue weighted by molar-refractivity contribution is 5.90. The van der Waals surface area contributed by atoms with Crippen molar-refractivity contribution in [1.29, 1.82) is 0 Å². The molecule has 0 aliphatic rings. The van der Waals surface area contributed by atoms with Gasteiger partial charge in [-0.15, -0.1) is 0 Å². The van der Waals surface area contributed by atoms with E-state index in [-0.39, 0.29) is 0 Å². The Labute approximate surface area is 101 Å². The molecule has 0 radical (unpaired) electrons. The molecule has 0 aliphatic carbocycles. The van der Waals surface area contributed by atoms with Crippen molar-refractivity contribution < 1.29 is 0 Å². The number of nitrogens with two attached hydrogens (primary N) is 1. The highest BCUT2D eigenvalue weighted by Gasteiger charge is 2.12. The van der Waals surface area contributed by atoms with Crippen LogP contribution in [-0.2, 0) is 0 Å². The number of nitrogens with zero attached hydrogens (tertiary/aromatic N) is 3. The van der Waals surface area contributed by atoms with Crippen LogP contribution in [0.25, 0.3) is 10.9 Å². The maximum Gasteiger partial charge on any atom is 0.0950 e. The Kier molecular flexibility index (Phi) is 3.54. The van der Waals surface area contributed by atoms with Crippen molar-refractivity contribution in [2.75, 3.05) is 18.5 Å². The lowest BCUT2D eigenvalue weighted by Crippen LogP contribution is -2.31. The van der Waals surface area contributed by atoms with Crippen molar-refractivity contribution in [2.24, 2.45) is 5.73 Å². The maximum atomic E-state index is 5.60. The van der Waals surface area contributed by atoms with E-state index >= 15 is 0 Å². The molecule has 1 aromatic carbocycles. The summed E-state index contributed by atoms with van der Waals surface area (Å²) in [5.74, 6) is 0. The number of fused-ring (bicyclic) bond motifs is 1. The summed E-state index contributed by atoms with van der Waals surface area (Å²) in [6, 6.07) is 8.45. The van der Waals surface area contributed by atoms with Crippen LogP contribution in [0.4, 0.5) is 5.69 Å². The second-order valence-corrected chi connectivity index (χ2v) is 4.28. The minimum atomic E-state index is 0.396. The van der Waals surface area contributed by atoms with Crippen molar-refractivity contribution in [2.45, 2.75) is 19.4 Å². The highest BCUT2D eigenvalue weighted by atomic mass is 15.2. The van der Waals surface area contributed by atoms with Crippen molar-refractivity contribution >= 4 is 16.6 Å². The largest absolute Gasteiger partial charge is 0.370 e. The van der Waals surface area contributed by atoms with Crippen LogP contribution < -0.4 is 10.6 Å². The molecular formula is C13H18N4. The van der Waals surface area contributed by atoms with Crippen molar-refractivity contribution in [3.05, 3.63) is 30.5 Å². The summed E-state index contributed by atoms with van der Waals surface area (Å²) in [6.45, 7) is 2.87. The van der Waals surface area contributed by atoms with E-state index in [1.54, 1.807) is 0 Å². The normalized spacial score (nSPS) is 12.6. The molecule has 90 valence electrons. The molecule has 0 aliphatic heterocycles. The van der Waals surface area contributed by atoms with E-state index in [0.29, 0.717) is 12.6 Å². The third-order valence-corrected chi connectivity index (χ3v) is 3.15. The van der Waals surface area contributed by atoms with Crippen LogP contribution in [0.1, 0.15) is 13.3 Å². The summed E-state index contributed by atoms with van der Waals surface area (Å²) >= 11 is 0. The molecule has 1 unspecified atom stereocenters. The minimum absolute atomic E-state index is 0.396. The third-order valence-electron chi connectivity index (χ3n) is 3.15. The van der Waals surface area contributed by atoms with Crippen molar-refractivity contribution in [1.82, 2.24) is 10.2 Å². The fraction of sp³-hybridized carbons (Fsp3) is 0.385. The molecule has 2 rings (SSSR count). The van der Waals surface area contributed by atoms with Crippen LogP contribution in [0.5, 0.6) is 0 Å². The molecule has 0 amide bonds. The van der Waals surface area contributed by atoms with E-state index in [1.807, 2.05) is 24.4 Å². The zero-order valence-corrected chi connectivity index (χ0v) is 10.3. The molecular weight excluding hydrogens is 212 g/mol. The van der Waals surface area contributed by atoms with Gasteiger partial charge in [0, 0.05) is 18.5 Å². The lowest BCUT2D eigenvalue weighted by Gasteiger charge is -2.27. The molecule has 0 saturated heterocycles. The number of rotatable bonds is 4. The number of hydrogen-bond donors (Lipinski definition) is 1. The van der Waals surface area contributed by atoms with Crippen molar-refractivity contribution in [3.63, 3.8) is 0 Å². The zero-order valence-electron chi connectivity index (χ0n) is 10.3. The van der Waals surface area contributed by atoms with Crippen LogP contribution in [-0.4, -0.2) is 29.8 Å². The Morgan fingerprint density at radius 3 is 2.88 bits per heavy atom. The molecule has 17 heavy (non-hydrogen) atoms. The second-order valence-electron chi connectivity index (χ2n) is 4.28. The van der Waals surface area contributed by atoms with E-state index in [1.165, 1.54) is 0 Å². The fourth-order valence-electron chi connectivity index (χ4n) is 1.95. The van der Waals surface area contributed by atoms with Crippen LogP contribution >= 0.6 is 0 Å². The number of anilines is 1. The Balaban J connectivity index is 2.41. The molecule has 4 heteroatoms. The lowest BCUT2D eigenvalue weighted by atomic mass is 10.1. The van der Waals surface area contributed by atoms with Crippen molar-refractivity contribution in [3.8, 4) is 0 Å². The van der Waals surface area contributed by atoms with Gasteiger partial charge in [0.25, 0.3) is 0 Å². The van der Waals surface area contributed by atoms with Gasteiger partial charge in [-0.05, 0) is 26.0 Å². The predicted octanol–water partition coefficient (Wildman–Crippen LogP) is 1.80. The maximum absolute atomic E-state index is 5.60. The average Bonchev–Trinajstić information content (AvgIpc) is 2.37. The number of aromatic nitrogens is 2. The topological polar surface area (TPSA) is 55.0 Å². The molecule has 0 spiro atoms. The smallest absolute Gasteiger partial charge is 0.0950 e. The first kappa shape index (κ1) is 11.8. The Morgan fingerprint density at radius 1 is 1.35 bits per heavy atom. The Morgan fingerprint density at radius 2 is 2.12 bits per heavy atom. The molecule has 0 saturated carbocycles. The summed E-state index contributed by atoms with van der Waals surface area (Å²) in [5.41, 5.74) is 7.64. The van der Waals surface area contributed by atoms with E-state index in [0.717, 1.165) is 23.0 Å². The van der Waals surface area contributed by atoms with Gasteiger partial charge in [-0.2, -0.15) is 10.2 Å². The van der Waals surface area contributed by atoms with Gasteiger partial charge < -0.3 is 10.6 Å². The van der Waals surface area contributed by atoms with Gasteiger partial charge in [-0.3, -0.25) is 0 Å². The summed E-state index contributed by atoms with van der Waals surface area (Å²) in [6.07, 6.45) is 2.78. The average molecular weight is 230 g/mol. The van der Waals surface area contributed by atoms with Gasteiger partial charge in [-0.1, -0.05) is 18.2 Å². The van der Waals surface area contributed by atoms with Gasteiger partial charge in [0.05, 0.1) is 17.4 Å². The third kappa shape index (κ3) is 2.36. The first-order valence-electron chi connectivity index (χ1n) is 5.87. The van der Waals surface area contributed by atoms with Crippen LogP contribution in [0.2, 0.25) is 0 Å². The Hall–Kier alpha value is -1.68. The predicted molar refractivity (Wildman–Crippen MR) is 71.1 cm³/mol. The highest BCUT2D eigenvalue weighted by Crippen LogP contribution is 2.24. The fourth-order valence-corrected chi connectivity index (χ4v) is 1.95. The van der Waals surface area contributed by atoms with Gasteiger partial charge >= 0.3 is 0 Å². The second kappa shape index (κ2) is 5.10. The summed E-state index contributed by atoms with van der Waals surface area (Å²) in [7, 11) is 2.07. The molecule has 0 fully saturated rings. The monoisotopic (exact) mass is 230 g/mol. The SMILES string of the molecule is CC(CCN)N(C)c1cnnc2ccccc12. The number of benzene rings is 1. The van der Waals surface area contributed by atoms with E-state index in [9.17, 15) is 0 Å². The first-order chi connectivity index (χ1) is 8.24. The van der Waals surface area contributed by atoms with Crippen LogP contribution in [0.15, 0.2) is 30.5 Å². The summed E-state index contributed by atoms with van der Waals surface area (Å²) < 4.78 is 0. The molecule has 1 atom stereocenters. The first-order valence-corrected chi connectivity index (χ1v) is 5.87. The number of hydrogen-bond acceptors (Lipinski definition) is 4. The molecule has 1 heterocycles. The van der Waals surface area contributed by atoms with Gasteiger partial charge in [-0.25, -0.2) is 0 Å². The van der Waals surface area contributed by atoms with E-state index < -0.39 is 0 Å². The van der Waals surface area contributed by atoms with Gasteiger partial charge in [0.1, 0.15) is 0 Å². The standard InChI is InChI=1S/C13H18N4/c1-10(7-8-14)17(2)13-9-15-16-12-6-4-3-5-11(12)13/h3-6,9-10H,7-8,14H2,1-2H3. The van der Waals surface area contributed by atoms with E-state index in [2.05, 4.69) is 35.1 Å². The van der Waals surface area contributed by atoms with Crippen LogP contribution in [0, 0.1) is 0 Å². The quantitative estimate of drug-likeness (QED) is 0.870. The molecule has 2 aromatic rings. The molecule has 4 nitrogen and oxygen atoms in total. The summed E-state index contributed by atoms with van der Waals surface area (Å²) in [5, 5.41) is 9.31. The van der Waals surface area contributed by atoms with E-state index in [4.69, 9.17) is 5.73 Å². The Bertz CT molecular complexity index is 492. The molecule has 0 bridgehead atoms. The van der Waals surface area contributed by atoms with Gasteiger partial charge in [0.2, 0.25) is 0 Å². The lowest BCUT2D eigenvalue weighted by molar-refractivity contribution is 0.635. The molecule has 2 N–H and O–H groups in total. The van der Waals surface area contributed by atoms with Crippen LogP contribution in [0.3, 0.4) is 0 Å². The summed E-state index contributed by atoms with van der Waals surface area (Å²) in [4.78, 5) is 2.21.